The summed E-state index contributed by atoms with van der Waals surface area (Å²) in [6.45, 7) is 5.40. The molecule has 3 aliphatic heterocycles. The van der Waals surface area contributed by atoms with Crippen LogP contribution >= 0.6 is 11.8 Å². The monoisotopic (exact) mass is 284 g/mol. The highest BCUT2D eigenvalue weighted by molar-refractivity contribution is 7.99. The van der Waals surface area contributed by atoms with E-state index >= 15 is 0 Å². The highest BCUT2D eigenvalue weighted by Gasteiger charge is 2.44. The number of hydrogen-bond donors (Lipinski definition) is 1. The third kappa shape index (κ3) is 2.82. The molecule has 1 spiro atoms. The molecule has 0 aromatic heterocycles. The van der Waals surface area contributed by atoms with Crippen molar-refractivity contribution in [2.75, 3.05) is 31.2 Å². The van der Waals surface area contributed by atoms with E-state index in [0.29, 0.717) is 12.1 Å². The van der Waals surface area contributed by atoms with Crippen LogP contribution in [0.1, 0.15) is 39.0 Å². The van der Waals surface area contributed by atoms with E-state index in [2.05, 4.69) is 23.6 Å². The summed E-state index contributed by atoms with van der Waals surface area (Å²) in [5, 5.41) is 0. The number of ether oxygens (including phenoxy) is 1. The summed E-state index contributed by atoms with van der Waals surface area (Å²) >= 11 is 2.07. The molecule has 0 aromatic rings. The van der Waals surface area contributed by atoms with Crippen LogP contribution in [0.15, 0.2) is 0 Å². The molecule has 3 nitrogen and oxygen atoms in total. The molecule has 3 heterocycles. The van der Waals surface area contributed by atoms with Crippen molar-refractivity contribution in [3.63, 3.8) is 0 Å². The van der Waals surface area contributed by atoms with Gasteiger partial charge in [0.25, 0.3) is 0 Å². The third-order valence-corrected chi connectivity index (χ3v) is 6.63. The fourth-order valence-electron chi connectivity index (χ4n) is 4.25. The van der Waals surface area contributed by atoms with Gasteiger partial charge in [0.15, 0.2) is 0 Å². The first kappa shape index (κ1) is 14.2. The fraction of sp³-hybridized carbons (Fsp3) is 1.00. The minimum absolute atomic E-state index is 0.202. The Bertz CT molecular complexity index is 307. The molecule has 3 aliphatic rings. The van der Waals surface area contributed by atoms with Crippen molar-refractivity contribution in [1.29, 1.82) is 0 Å². The average Bonchev–Trinajstić information content (AvgIpc) is 2.86. The van der Waals surface area contributed by atoms with E-state index in [1.54, 1.807) is 0 Å². The zero-order valence-corrected chi connectivity index (χ0v) is 13.0. The summed E-state index contributed by atoms with van der Waals surface area (Å²) in [6, 6.07) is 1.31. The molecule has 3 saturated heterocycles. The Morgan fingerprint density at radius 3 is 3.05 bits per heavy atom. The summed E-state index contributed by atoms with van der Waals surface area (Å²) in [5.41, 5.74) is 6.26. The largest absolute Gasteiger partial charge is 0.374 e. The van der Waals surface area contributed by atoms with Crippen LogP contribution in [-0.4, -0.2) is 53.8 Å². The molecule has 2 N–H and O–H groups in total. The smallest absolute Gasteiger partial charge is 0.0795 e. The molecule has 0 amide bonds. The van der Waals surface area contributed by atoms with Crippen LogP contribution in [0.5, 0.6) is 0 Å². The lowest BCUT2D eigenvalue weighted by atomic mass is 9.84. The van der Waals surface area contributed by atoms with Crippen molar-refractivity contribution in [3.05, 3.63) is 0 Å². The Hall–Kier alpha value is 0.230. The zero-order valence-electron chi connectivity index (χ0n) is 12.1. The molecule has 4 heteroatoms. The van der Waals surface area contributed by atoms with Gasteiger partial charge in [-0.15, -0.1) is 0 Å². The second-order valence-corrected chi connectivity index (χ2v) is 7.75. The lowest BCUT2D eigenvalue weighted by Gasteiger charge is -2.48. The van der Waals surface area contributed by atoms with E-state index in [-0.39, 0.29) is 5.60 Å². The van der Waals surface area contributed by atoms with Gasteiger partial charge in [-0.3, -0.25) is 4.90 Å². The molecule has 0 bridgehead atoms. The van der Waals surface area contributed by atoms with E-state index in [1.807, 2.05) is 0 Å². The zero-order chi connectivity index (χ0) is 13.3. The lowest BCUT2D eigenvalue weighted by molar-refractivity contribution is -0.102. The number of hydrogen-bond acceptors (Lipinski definition) is 4. The van der Waals surface area contributed by atoms with Gasteiger partial charge < -0.3 is 10.5 Å². The van der Waals surface area contributed by atoms with Crippen LogP contribution in [-0.2, 0) is 4.74 Å². The maximum Gasteiger partial charge on any atom is 0.0795 e. The van der Waals surface area contributed by atoms with Crippen LogP contribution in [0, 0.1) is 5.92 Å². The molecule has 0 saturated carbocycles. The molecule has 4 atom stereocenters. The first-order valence-electron chi connectivity index (χ1n) is 7.92. The molecule has 110 valence electrons. The van der Waals surface area contributed by atoms with Gasteiger partial charge >= 0.3 is 0 Å². The second-order valence-electron chi connectivity index (χ2n) is 6.64. The summed E-state index contributed by atoms with van der Waals surface area (Å²) in [4.78, 5) is 2.74. The van der Waals surface area contributed by atoms with Gasteiger partial charge in [0.1, 0.15) is 0 Å². The van der Waals surface area contributed by atoms with E-state index in [9.17, 15) is 0 Å². The van der Waals surface area contributed by atoms with Crippen molar-refractivity contribution in [2.45, 2.75) is 56.7 Å². The fourth-order valence-corrected chi connectivity index (χ4v) is 5.63. The molecule has 0 aliphatic carbocycles. The van der Waals surface area contributed by atoms with Gasteiger partial charge in [0.2, 0.25) is 0 Å². The van der Waals surface area contributed by atoms with Crippen LogP contribution < -0.4 is 5.73 Å². The molecule has 19 heavy (non-hydrogen) atoms. The standard InChI is InChI=1S/C15H28N2OS/c1-12-3-2-6-17(14(12)10-16)13-4-7-18-15(9-13)5-8-19-11-15/h12-14H,2-11,16H2,1H3. The highest BCUT2D eigenvalue weighted by atomic mass is 32.2. The van der Waals surface area contributed by atoms with E-state index in [1.165, 1.54) is 50.2 Å². The van der Waals surface area contributed by atoms with Crippen LogP contribution in [0.3, 0.4) is 0 Å². The Labute approximate surface area is 121 Å². The predicted octanol–water partition coefficient (Wildman–Crippen LogP) is 2.10. The Morgan fingerprint density at radius 2 is 2.32 bits per heavy atom. The average molecular weight is 284 g/mol. The van der Waals surface area contributed by atoms with E-state index < -0.39 is 0 Å². The van der Waals surface area contributed by atoms with Crippen molar-refractivity contribution >= 4 is 11.8 Å². The van der Waals surface area contributed by atoms with Crippen molar-refractivity contribution < 1.29 is 4.74 Å². The summed E-state index contributed by atoms with van der Waals surface area (Å²) in [7, 11) is 0. The number of thioether (sulfide) groups is 1. The quantitative estimate of drug-likeness (QED) is 0.843. The number of nitrogens with zero attached hydrogens (tertiary/aromatic N) is 1. The van der Waals surface area contributed by atoms with Crippen LogP contribution in [0.4, 0.5) is 0 Å². The third-order valence-electron chi connectivity index (χ3n) is 5.40. The highest BCUT2D eigenvalue weighted by Crippen LogP contribution is 2.41. The van der Waals surface area contributed by atoms with E-state index in [0.717, 1.165) is 19.1 Å². The van der Waals surface area contributed by atoms with E-state index in [4.69, 9.17) is 10.5 Å². The van der Waals surface area contributed by atoms with Crippen molar-refractivity contribution in [1.82, 2.24) is 4.90 Å². The topological polar surface area (TPSA) is 38.5 Å². The maximum atomic E-state index is 6.16. The second kappa shape index (κ2) is 5.92. The summed E-state index contributed by atoms with van der Waals surface area (Å²) < 4.78 is 6.16. The minimum Gasteiger partial charge on any atom is -0.374 e. The number of piperidine rings is 1. The van der Waals surface area contributed by atoms with Crippen molar-refractivity contribution in [3.8, 4) is 0 Å². The lowest BCUT2D eigenvalue weighted by Crippen LogP contribution is -2.57. The summed E-state index contributed by atoms with van der Waals surface area (Å²) in [6.07, 6.45) is 6.39. The van der Waals surface area contributed by atoms with Crippen molar-refractivity contribution in [2.24, 2.45) is 11.7 Å². The Morgan fingerprint density at radius 1 is 1.42 bits per heavy atom. The van der Waals surface area contributed by atoms with Gasteiger partial charge in [0, 0.05) is 31.0 Å². The van der Waals surface area contributed by atoms with Gasteiger partial charge in [-0.05, 0) is 50.3 Å². The van der Waals surface area contributed by atoms with Gasteiger partial charge in [0.05, 0.1) is 5.60 Å². The van der Waals surface area contributed by atoms with Gasteiger partial charge in [-0.25, -0.2) is 0 Å². The number of likely N-dealkylation sites (tertiary alicyclic amines) is 1. The van der Waals surface area contributed by atoms with Gasteiger partial charge in [-0.1, -0.05) is 6.92 Å². The molecule has 3 rings (SSSR count). The Kier molecular flexibility index (Phi) is 4.42. The molecular formula is C15H28N2OS. The van der Waals surface area contributed by atoms with Crippen LogP contribution in [0.2, 0.25) is 0 Å². The molecule has 3 fully saturated rings. The molecule has 0 aromatic carbocycles. The molecule has 0 radical (unpaired) electrons. The normalized spacial score (nSPS) is 44.8. The van der Waals surface area contributed by atoms with Crippen LogP contribution in [0.25, 0.3) is 0 Å². The summed E-state index contributed by atoms with van der Waals surface area (Å²) in [5.74, 6) is 3.25. The first-order chi connectivity index (χ1) is 9.24. The van der Waals surface area contributed by atoms with Gasteiger partial charge in [-0.2, -0.15) is 11.8 Å². The Balaban J connectivity index is 1.69. The SMILES string of the molecule is CC1CCCN(C2CCOC3(CCSC3)C2)C1CN. The molecular weight excluding hydrogens is 256 g/mol. The molecule has 4 unspecified atom stereocenters. The maximum absolute atomic E-state index is 6.16. The number of nitrogens with two attached hydrogens (primary N) is 1. The minimum atomic E-state index is 0.202. The first-order valence-corrected chi connectivity index (χ1v) is 9.07. The number of rotatable bonds is 2. The predicted molar refractivity (Wildman–Crippen MR) is 81.6 cm³/mol.